The van der Waals surface area contributed by atoms with E-state index in [-0.39, 0.29) is 11.8 Å². The molecule has 31 heavy (non-hydrogen) atoms. The van der Waals surface area contributed by atoms with Crippen molar-refractivity contribution in [1.82, 2.24) is 9.97 Å². The number of aromatic nitrogens is 2. The molecular weight excluding hydrogens is 388 g/mol. The van der Waals surface area contributed by atoms with Gasteiger partial charge < -0.3 is 10.6 Å². The summed E-state index contributed by atoms with van der Waals surface area (Å²) in [5.41, 5.74) is 5.24. The lowest BCUT2D eigenvalue weighted by Crippen LogP contribution is -2.17. The largest absolute Gasteiger partial charge is 0.322 e. The summed E-state index contributed by atoms with van der Waals surface area (Å²) in [6.07, 6.45) is 5.98. The van der Waals surface area contributed by atoms with Crippen molar-refractivity contribution in [2.75, 3.05) is 10.6 Å². The molecule has 6 heteroatoms. The Balaban J connectivity index is 1.43. The average molecular weight is 408 g/mol. The van der Waals surface area contributed by atoms with Crippen LogP contribution >= 0.6 is 0 Å². The minimum Gasteiger partial charge on any atom is -0.322 e. The molecule has 2 N–H and O–H groups in total. The molecular formula is C25H20N4O2. The summed E-state index contributed by atoms with van der Waals surface area (Å²) in [5, 5.41) is 6.67. The van der Waals surface area contributed by atoms with Crippen LogP contribution in [-0.4, -0.2) is 21.8 Å². The van der Waals surface area contributed by atoms with Crippen LogP contribution in [0.3, 0.4) is 0 Å². The van der Waals surface area contributed by atoms with E-state index in [9.17, 15) is 9.59 Å². The number of para-hydroxylation sites is 1. The van der Waals surface area contributed by atoms with Gasteiger partial charge in [-0.3, -0.25) is 19.6 Å². The van der Waals surface area contributed by atoms with Crippen molar-refractivity contribution >= 4 is 34.1 Å². The Bertz CT molecular complexity index is 1300. The predicted molar refractivity (Wildman–Crippen MR) is 120 cm³/mol. The third-order valence-corrected chi connectivity index (χ3v) is 5.47. The zero-order valence-corrected chi connectivity index (χ0v) is 16.8. The summed E-state index contributed by atoms with van der Waals surface area (Å²) < 4.78 is 0. The Morgan fingerprint density at radius 3 is 2.48 bits per heavy atom. The molecule has 4 aromatic rings. The van der Waals surface area contributed by atoms with Crippen LogP contribution < -0.4 is 10.6 Å². The Kier molecular flexibility index (Phi) is 4.88. The maximum absolute atomic E-state index is 13.3. The molecule has 2 aromatic carbocycles. The van der Waals surface area contributed by atoms with E-state index in [1.54, 1.807) is 48.8 Å². The summed E-state index contributed by atoms with van der Waals surface area (Å²) in [6.45, 7) is 0. The molecule has 0 saturated heterocycles. The van der Waals surface area contributed by atoms with Crippen LogP contribution in [-0.2, 0) is 12.8 Å². The Hall–Kier alpha value is -4.06. The molecule has 1 aliphatic rings. The van der Waals surface area contributed by atoms with E-state index in [1.807, 2.05) is 24.3 Å². The lowest BCUT2D eigenvalue weighted by molar-refractivity contribution is 0.101. The number of pyridine rings is 2. The number of carbonyl (C=O) groups is 2. The highest BCUT2D eigenvalue weighted by Gasteiger charge is 2.24. The number of rotatable bonds is 4. The van der Waals surface area contributed by atoms with Gasteiger partial charge in [-0.15, -0.1) is 0 Å². The SMILES string of the molecule is O=C(Nc1ccncc1)c1cccc(NC(=O)c2c3c(nc4ccccc24)CCC3)c1. The van der Waals surface area contributed by atoms with E-state index in [0.717, 1.165) is 41.4 Å². The normalized spacial score (nSPS) is 12.4. The van der Waals surface area contributed by atoms with E-state index in [4.69, 9.17) is 4.98 Å². The lowest BCUT2D eigenvalue weighted by Gasteiger charge is -2.13. The molecule has 0 radical (unpaired) electrons. The number of nitrogens with zero attached hydrogens (tertiary/aromatic N) is 2. The summed E-state index contributed by atoms with van der Waals surface area (Å²) in [4.78, 5) is 34.6. The zero-order valence-electron chi connectivity index (χ0n) is 16.8. The lowest BCUT2D eigenvalue weighted by atomic mass is 10.0. The van der Waals surface area contributed by atoms with Crippen molar-refractivity contribution in [3.8, 4) is 0 Å². The number of amides is 2. The molecule has 0 fully saturated rings. The zero-order chi connectivity index (χ0) is 21.2. The number of nitrogens with one attached hydrogen (secondary N) is 2. The molecule has 0 spiro atoms. The molecule has 0 unspecified atom stereocenters. The fraction of sp³-hybridized carbons (Fsp3) is 0.120. The van der Waals surface area contributed by atoms with Gasteiger partial charge >= 0.3 is 0 Å². The van der Waals surface area contributed by atoms with Gasteiger partial charge in [-0.1, -0.05) is 24.3 Å². The minimum absolute atomic E-state index is 0.177. The number of aryl methyl sites for hydroxylation is 1. The molecule has 0 atom stereocenters. The molecule has 0 saturated carbocycles. The number of hydrogen-bond acceptors (Lipinski definition) is 4. The second-order valence-corrected chi connectivity index (χ2v) is 7.51. The van der Waals surface area contributed by atoms with E-state index >= 15 is 0 Å². The molecule has 0 bridgehead atoms. The Morgan fingerprint density at radius 2 is 1.61 bits per heavy atom. The van der Waals surface area contributed by atoms with Crippen LogP contribution in [0.1, 0.15) is 38.4 Å². The summed E-state index contributed by atoms with van der Waals surface area (Å²) in [5.74, 6) is -0.430. The summed E-state index contributed by atoms with van der Waals surface area (Å²) in [6, 6.07) is 18.1. The first-order valence-electron chi connectivity index (χ1n) is 10.2. The second kappa shape index (κ2) is 7.99. The second-order valence-electron chi connectivity index (χ2n) is 7.51. The standard InChI is InChI=1S/C25H20N4O2/c30-24(27-17-11-13-26-14-12-17)16-5-3-6-18(15-16)28-25(31)23-19-7-1-2-9-21(19)29-22-10-4-8-20(22)23/h1-3,5-7,9,11-15H,4,8,10H2,(H,28,31)(H,26,27,30). The van der Waals surface area contributed by atoms with Crippen molar-refractivity contribution in [3.05, 3.63) is 95.4 Å². The van der Waals surface area contributed by atoms with Crippen LogP contribution in [0.2, 0.25) is 0 Å². The summed E-state index contributed by atoms with van der Waals surface area (Å²) in [7, 11) is 0. The monoisotopic (exact) mass is 408 g/mol. The van der Waals surface area contributed by atoms with E-state index in [2.05, 4.69) is 15.6 Å². The highest BCUT2D eigenvalue weighted by molar-refractivity contribution is 6.14. The van der Waals surface area contributed by atoms with E-state index in [1.165, 1.54) is 0 Å². The van der Waals surface area contributed by atoms with Gasteiger partial charge in [0.05, 0.1) is 11.1 Å². The van der Waals surface area contributed by atoms with Gasteiger partial charge in [0.15, 0.2) is 0 Å². The van der Waals surface area contributed by atoms with Gasteiger partial charge in [0.1, 0.15) is 0 Å². The van der Waals surface area contributed by atoms with Gasteiger partial charge in [0.2, 0.25) is 0 Å². The van der Waals surface area contributed by atoms with E-state index < -0.39 is 0 Å². The first-order valence-corrected chi connectivity index (χ1v) is 10.2. The number of anilines is 2. The van der Waals surface area contributed by atoms with E-state index in [0.29, 0.717) is 22.5 Å². The molecule has 1 aliphatic carbocycles. The van der Waals surface area contributed by atoms with Crippen molar-refractivity contribution in [1.29, 1.82) is 0 Å². The number of fused-ring (bicyclic) bond motifs is 2. The van der Waals surface area contributed by atoms with Gasteiger partial charge in [-0.2, -0.15) is 0 Å². The molecule has 5 rings (SSSR count). The Labute approximate surface area is 179 Å². The van der Waals surface area contributed by atoms with Crippen LogP contribution in [0, 0.1) is 0 Å². The van der Waals surface area contributed by atoms with Crippen LogP contribution in [0.25, 0.3) is 10.9 Å². The molecule has 152 valence electrons. The third-order valence-electron chi connectivity index (χ3n) is 5.47. The quantitative estimate of drug-likeness (QED) is 0.516. The van der Waals surface area contributed by atoms with Crippen molar-refractivity contribution in [2.45, 2.75) is 19.3 Å². The summed E-state index contributed by atoms with van der Waals surface area (Å²) >= 11 is 0. The van der Waals surface area contributed by atoms with Gasteiger partial charge in [-0.25, -0.2) is 0 Å². The highest BCUT2D eigenvalue weighted by Crippen LogP contribution is 2.30. The molecule has 2 amide bonds. The Morgan fingerprint density at radius 1 is 0.806 bits per heavy atom. The third kappa shape index (κ3) is 3.75. The smallest absolute Gasteiger partial charge is 0.256 e. The molecule has 2 heterocycles. The maximum atomic E-state index is 13.3. The number of carbonyl (C=O) groups excluding carboxylic acids is 2. The van der Waals surface area contributed by atoms with Crippen LogP contribution in [0.4, 0.5) is 11.4 Å². The van der Waals surface area contributed by atoms with Crippen molar-refractivity contribution in [2.24, 2.45) is 0 Å². The predicted octanol–water partition coefficient (Wildman–Crippen LogP) is 4.62. The van der Waals surface area contributed by atoms with Crippen molar-refractivity contribution < 1.29 is 9.59 Å². The van der Waals surface area contributed by atoms with Gasteiger partial charge in [0, 0.05) is 40.4 Å². The van der Waals surface area contributed by atoms with Crippen LogP contribution in [0.15, 0.2) is 73.1 Å². The molecule has 6 nitrogen and oxygen atoms in total. The molecule has 2 aromatic heterocycles. The fourth-order valence-electron chi connectivity index (χ4n) is 4.04. The van der Waals surface area contributed by atoms with Gasteiger partial charge in [0.25, 0.3) is 11.8 Å². The van der Waals surface area contributed by atoms with Gasteiger partial charge in [-0.05, 0) is 61.2 Å². The molecule has 0 aliphatic heterocycles. The van der Waals surface area contributed by atoms with Crippen LogP contribution in [0.5, 0.6) is 0 Å². The minimum atomic E-state index is -0.252. The average Bonchev–Trinajstić information content (AvgIpc) is 3.26. The first kappa shape index (κ1) is 18.9. The van der Waals surface area contributed by atoms with Crippen molar-refractivity contribution in [3.63, 3.8) is 0 Å². The topological polar surface area (TPSA) is 84.0 Å². The maximum Gasteiger partial charge on any atom is 0.256 e. The number of benzene rings is 2. The number of hydrogen-bond donors (Lipinski definition) is 2. The highest BCUT2D eigenvalue weighted by atomic mass is 16.2. The first-order chi connectivity index (χ1) is 15.2. The fourth-order valence-corrected chi connectivity index (χ4v) is 4.04.